The number of esters is 1. The molecule has 0 unspecified atom stereocenters. The van der Waals surface area contributed by atoms with Crippen LogP contribution in [0.2, 0.25) is 10.0 Å². The number of aromatic nitrogens is 2. The van der Waals surface area contributed by atoms with Crippen LogP contribution in [-0.4, -0.2) is 15.9 Å². The number of carbonyl (C=O) groups is 1. The number of H-pyrrole nitrogens is 1. The van der Waals surface area contributed by atoms with Gasteiger partial charge in [0.25, 0.3) is 5.56 Å². The van der Waals surface area contributed by atoms with E-state index in [1.165, 1.54) is 0 Å². The van der Waals surface area contributed by atoms with Crippen LogP contribution in [-0.2, 0) is 17.1 Å². The van der Waals surface area contributed by atoms with Crippen molar-refractivity contribution in [2.45, 2.75) is 17.3 Å². The standard InChI is InChI=1S/C23H16Cl2N2O3S/c24-16-5-8-18(9-6-16)31-13-14-1-3-15(4-2-14)23(29)30-12-21-26-20-11-17(25)7-10-19(20)22(28)27-21/h1-11H,12-13H2,(H,26,27,28). The summed E-state index contributed by atoms with van der Waals surface area (Å²) in [5.41, 5.74) is 1.64. The number of aromatic amines is 1. The average Bonchev–Trinajstić information content (AvgIpc) is 2.77. The fourth-order valence-corrected chi connectivity index (χ4v) is 4.03. The third-order valence-electron chi connectivity index (χ3n) is 4.47. The molecule has 0 aliphatic rings. The molecular weight excluding hydrogens is 455 g/mol. The van der Waals surface area contributed by atoms with Crippen molar-refractivity contribution in [2.75, 3.05) is 0 Å². The van der Waals surface area contributed by atoms with Crippen molar-refractivity contribution in [2.24, 2.45) is 0 Å². The molecule has 156 valence electrons. The summed E-state index contributed by atoms with van der Waals surface area (Å²) >= 11 is 13.5. The van der Waals surface area contributed by atoms with E-state index in [1.807, 2.05) is 36.4 Å². The van der Waals surface area contributed by atoms with Crippen molar-refractivity contribution in [3.8, 4) is 0 Å². The molecule has 8 heteroatoms. The Hall–Kier alpha value is -2.80. The molecule has 0 saturated heterocycles. The zero-order valence-electron chi connectivity index (χ0n) is 16.1. The van der Waals surface area contributed by atoms with Crippen molar-refractivity contribution in [1.82, 2.24) is 9.97 Å². The number of rotatable bonds is 6. The van der Waals surface area contributed by atoms with Gasteiger partial charge in [-0.1, -0.05) is 35.3 Å². The van der Waals surface area contributed by atoms with Gasteiger partial charge in [0.2, 0.25) is 0 Å². The molecule has 0 amide bonds. The van der Waals surface area contributed by atoms with Gasteiger partial charge in [0.15, 0.2) is 0 Å². The number of nitrogens with zero attached hydrogens (tertiary/aromatic N) is 1. The maximum absolute atomic E-state index is 12.4. The summed E-state index contributed by atoms with van der Waals surface area (Å²) in [6, 6.07) is 19.7. The lowest BCUT2D eigenvalue weighted by atomic mass is 10.1. The lowest BCUT2D eigenvalue weighted by Crippen LogP contribution is -2.14. The Kier molecular flexibility index (Phi) is 6.61. The second-order valence-corrected chi connectivity index (χ2v) is 8.61. The number of carbonyl (C=O) groups excluding carboxylic acids is 1. The normalized spacial score (nSPS) is 10.9. The van der Waals surface area contributed by atoms with E-state index in [0.717, 1.165) is 16.2 Å². The van der Waals surface area contributed by atoms with Gasteiger partial charge in [-0.25, -0.2) is 9.78 Å². The number of ether oxygens (including phenoxy) is 1. The maximum Gasteiger partial charge on any atom is 0.338 e. The second kappa shape index (κ2) is 9.56. The van der Waals surface area contributed by atoms with Gasteiger partial charge in [-0.2, -0.15) is 0 Å². The molecule has 0 bridgehead atoms. The fourth-order valence-electron chi connectivity index (χ4n) is 2.88. The summed E-state index contributed by atoms with van der Waals surface area (Å²) in [5, 5.41) is 1.60. The summed E-state index contributed by atoms with van der Waals surface area (Å²) in [6.45, 7) is -0.148. The van der Waals surface area contributed by atoms with Crippen LogP contribution < -0.4 is 5.56 Å². The Balaban J connectivity index is 1.37. The van der Waals surface area contributed by atoms with Gasteiger partial charge in [0.05, 0.1) is 16.5 Å². The molecule has 0 aliphatic carbocycles. The topological polar surface area (TPSA) is 72.0 Å². The Morgan fingerprint density at radius 1 is 0.968 bits per heavy atom. The van der Waals surface area contributed by atoms with Crippen molar-refractivity contribution >= 4 is 51.8 Å². The van der Waals surface area contributed by atoms with E-state index >= 15 is 0 Å². The molecular formula is C23H16Cl2N2O3S. The molecule has 0 saturated carbocycles. The third-order valence-corrected chi connectivity index (χ3v) is 6.04. The summed E-state index contributed by atoms with van der Waals surface area (Å²) < 4.78 is 5.31. The Labute approximate surface area is 192 Å². The monoisotopic (exact) mass is 470 g/mol. The summed E-state index contributed by atoms with van der Waals surface area (Å²) in [6.07, 6.45) is 0. The van der Waals surface area contributed by atoms with Crippen LogP contribution >= 0.6 is 35.0 Å². The van der Waals surface area contributed by atoms with Crippen LogP contribution in [0.25, 0.3) is 10.9 Å². The smallest absolute Gasteiger partial charge is 0.338 e. The first kappa shape index (κ1) is 21.4. The Morgan fingerprint density at radius 3 is 2.42 bits per heavy atom. The molecule has 0 spiro atoms. The van der Waals surface area contributed by atoms with Gasteiger partial charge in [0, 0.05) is 20.7 Å². The lowest BCUT2D eigenvalue weighted by molar-refractivity contribution is 0.0462. The molecule has 0 fully saturated rings. The van der Waals surface area contributed by atoms with Gasteiger partial charge in [-0.3, -0.25) is 4.79 Å². The largest absolute Gasteiger partial charge is 0.454 e. The minimum atomic E-state index is -0.495. The lowest BCUT2D eigenvalue weighted by Gasteiger charge is -2.07. The highest BCUT2D eigenvalue weighted by Gasteiger charge is 2.10. The van der Waals surface area contributed by atoms with E-state index < -0.39 is 5.97 Å². The molecule has 4 aromatic rings. The molecule has 31 heavy (non-hydrogen) atoms. The first-order valence-electron chi connectivity index (χ1n) is 9.31. The molecule has 3 aromatic carbocycles. The second-order valence-electron chi connectivity index (χ2n) is 6.69. The third kappa shape index (κ3) is 5.47. The van der Waals surface area contributed by atoms with E-state index in [0.29, 0.717) is 26.5 Å². The maximum atomic E-state index is 12.4. The minimum absolute atomic E-state index is 0.148. The molecule has 0 aliphatic heterocycles. The zero-order valence-corrected chi connectivity index (χ0v) is 18.4. The molecule has 1 aromatic heterocycles. The van der Waals surface area contributed by atoms with Crippen LogP contribution in [0.5, 0.6) is 0 Å². The predicted octanol–water partition coefficient (Wildman–Crippen LogP) is 5.88. The summed E-state index contributed by atoms with van der Waals surface area (Å²) in [5.74, 6) is 0.525. The number of benzene rings is 3. The summed E-state index contributed by atoms with van der Waals surface area (Å²) in [4.78, 5) is 32.6. The van der Waals surface area contributed by atoms with E-state index in [1.54, 1.807) is 42.1 Å². The molecule has 0 atom stereocenters. The van der Waals surface area contributed by atoms with Crippen LogP contribution in [0.1, 0.15) is 21.7 Å². The molecule has 0 radical (unpaired) electrons. The van der Waals surface area contributed by atoms with Gasteiger partial charge in [0.1, 0.15) is 12.4 Å². The highest BCUT2D eigenvalue weighted by atomic mass is 35.5. The first-order chi connectivity index (χ1) is 15.0. The first-order valence-corrected chi connectivity index (χ1v) is 11.0. The Bertz CT molecular complexity index is 1290. The SMILES string of the molecule is O=C(OCc1nc2cc(Cl)ccc2c(=O)[nH]1)c1ccc(CSc2ccc(Cl)cc2)cc1. The fraction of sp³-hybridized carbons (Fsp3) is 0.0870. The minimum Gasteiger partial charge on any atom is -0.454 e. The molecule has 1 heterocycles. The molecule has 1 N–H and O–H groups in total. The van der Waals surface area contributed by atoms with Crippen molar-refractivity contribution in [3.63, 3.8) is 0 Å². The molecule has 5 nitrogen and oxygen atoms in total. The number of hydrogen-bond acceptors (Lipinski definition) is 5. The quantitative estimate of drug-likeness (QED) is 0.281. The van der Waals surface area contributed by atoms with E-state index in [4.69, 9.17) is 27.9 Å². The van der Waals surface area contributed by atoms with Crippen molar-refractivity contribution in [3.05, 3.63) is 104 Å². The van der Waals surface area contributed by atoms with Gasteiger partial charge in [-0.15, -0.1) is 11.8 Å². The van der Waals surface area contributed by atoms with Gasteiger partial charge in [-0.05, 0) is 60.2 Å². The molecule has 4 rings (SSSR count). The van der Waals surface area contributed by atoms with E-state index in [-0.39, 0.29) is 18.0 Å². The number of nitrogens with one attached hydrogen (secondary N) is 1. The van der Waals surface area contributed by atoms with E-state index in [9.17, 15) is 9.59 Å². The van der Waals surface area contributed by atoms with Crippen LogP contribution in [0, 0.1) is 0 Å². The summed E-state index contributed by atoms with van der Waals surface area (Å²) in [7, 11) is 0. The van der Waals surface area contributed by atoms with Crippen LogP contribution in [0.15, 0.2) is 76.4 Å². The van der Waals surface area contributed by atoms with Gasteiger partial charge < -0.3 is 9.72 Å². The number of hydrogen-bond donors (Lipinski definition) is 1. The van der Waals surface area contributed by atoms with Gasteiger partial charge >= 0.3 is 5.97 Å². The number of halogens is 2. The predicted molar refractivity (Wildman–Crippen MR) is 124 cm³/mol. The average molecular weight is 471 g/mol. The van der Waals surface area contributed by atoms with Crippen LogP contribution in [0.4, 0.5) is 0 Å². The highest BCUT2D eigenvalue weighted by Crippen LogP contribution is 2.24. The zero-order chi connectivity index (χ0) is 21.8. The van der Waals surface area contributed by atoms with Crippen LogP contribution in [0.3, 0.4) is 0 Å². The van der Waals surface area contributed by atoms with E-state index in [2.05, 4.69) is 9.97 Å². The van der Waals surface area contributed by atoms with Crippen molar-refractivity contribution < 1.29 is 9.53 Å². The number of thioether (sulfide) groups is 1. The Morgan fingerprint density at radius 2 is 1.68 bits per heavy atom. The highest BCUT2D eigenvalue weighted by molar-refractivity contribution is 7.98. The number of fused-ring (bicyclic) bond motifs is 1. The van der Waals surface area contributed by atoms with Crippen molar-refractivity contribution in [1.29, 1.82) is 0 Å².